The molecule has 0 radical (unpaired) electrons. The Morgan fingerprint density at radius 1 is 1.35 bits per heavy atom. The summed E-state index contributed by atoms with van der Waals surface area (Å²) < 4.78 is 5.16. The molecule has 1 saturated heterocycles. The molecule has 0 atom stereocenters. The molecule has 0 spiro atoms. The van der Waals surface area contributed by atoms with Crippen molar-refractivity contribution in [2.24, 2.45) is 5.73 Å². The van der Waals surface area contributed by atoms with Crippen molar-refractivity contribution in [2.45, 2.75) is 19.4 Å². The first kappa shape index (κ1) is 13.9. The van der Waals surface area contributed by atoms with E-state index < -0.39 is 5.54 Å². The SMILES string of the molecule is CN(CC(=O)N1CCOCC1)C(=O)C(C)(C)N. The fraction of sp³-hybridized carbons (Fsp3) is 0.818. The van der Waals surface area contributed by atoms with Crippen molar-refractivity contribution in [1.82, 2.24) is 9.80 Å². The first-order chi connectivity index (χ1) is 7.82. The maximum Gasteiger partial charge on any atom is 0.242 e. The van der Waals surface area contributed by atoms with Crippen molar-refractivity contribution in [3.05, 3.63) is 0 Å². The van der Waals surface area contributed by atoms with Crippen LogP contribution in [0.4, 0.5) is 0 Å². The minimum absolute atomic E-state index is 0.0617. The Labute approximate surface area is 102 Å². The van der Waals surface area contributed by atoms with Crippen LogP contribution in [0.25, 0.3) is 0 Å². The number of nitrogens with two attached hydrogens (primary N) is 1. The molecule has 6 nitrogen and oxygen atoms in total. The first-order valence-corrected chi connectivity index (χ1v) is 5.72. The predicted octanol–water partition coefficient (Wildman–Crippen LogP) is -0.959. The molecule has 0 aromatic rings. The second-order valence-corrected chi connectivity index (χ2v) is 4.88. The highest BCUT2D eigenvalue weighted by Crippen LogP contribution is 2.04. The fourth-order valence-electron chi connectivity index (χ4n) is 1.68. The van der Waals surface area contributed by atoms with Crippen LogP contribution in [0.1, 0.15) is 13.8 Å². The highest BCUT2D eigenvalue weighted by molar-refractivity contribution is 5.89. The lowest BCUT2D eigenvalue weighted by molar-refractivity contribution is -0.143. The molecule has 6 heteroatoms. The average molecular weight is 243 g/mol. The maximum absolute atomic E-state index is 11.9. The van der Waals surface area contributed by atoms with Crippen LogP contribution in [0.3, 0.4) is 0 Å². The standard InChI is InChI=1S/C11H21N3O3/c1-11(2,12)10(16)13(3)8-9(15)14-4-6-17-7-5-14/h4-8,12H2,1-3H3. The Morgan fingerprint density at radius 3 is 2.35 bits per heavy atom. The number of amides is 2. The third-order valence-corrected chi connectivity index (χ3v) is 2.63. The van der Waals surface area contributed by atoms with Crippen LogP contribution in [0.2, 0.25) is 0 Å². The van der Waals surface area contributed by atoms with E-state index in [1.165, 1.54) is 4.90 Å². The van der Waals surface area contributed by atoms with Gasteiger partial charge in [-0.25, -0.2) is 0 Å². The number of carbonyl (C=O) groups is 2. The Bertz CT molecular complexity index is 293. The normalized spacial score (nSPS) is 16.8. The fourth-order valence-corrected chi connectivity index (χ4v) is 1.68. The molecule has 0 aromatic carbocycles. The van der Waals surface area contributed by atoms with Crippen LogP contribution < -0.4 is 5.73 Å². The Kier molecular flexibility index (Phi) is 4.47. The summed E-state index contributed by atoms with van der Waals surface area (Å²) in [4.78, 5) is 26.7. The molecule has 17 heavy (non-hydrogen) atoms. The molecule has 98 valence electrons. The Balaban J connectivity index is 2.47. The van der Waals surface area contributed by atoms with Gasteiger partial charge in [-0.2, -0.15) is 0 Å². The molecular formula is C11H21N3O3. The molecule has 0 aliphatic carbocycles. The maximum atomic E-state index is 11.9. The van der Waals surface area contributed by atoms with E-state index in [2.05, 4.69) is 0 Å². The Morgan fingerprint density at radius 2 is 1.88 bits per heavy atom. The van der Waals surface area contributed by atoms with Crippen LogP contribution in [-0.2, 0) is 14.3 Å². The van der Waals surface area contributed by atoms with E-state index in [0.717, 1.165) is 0 Å². The van der Waals surface area contributed by atoms with Crippen molar-refractivity contribution in [3.63, 3.8) is 0 Å². The van der Waals surface area contributed by atoms with E-state index in [0.29, 0.717) is 26.3 Å². The molecule has 1 aliphatic heterocycles. The van der Waals surface area contributed by atoms with Gasteiger partial charge in [0.05, 0.1) is 25.3 Å². The third kappa shape index (κ3) is 3.98. The summed E-state index contributed by atoms with van der Waals surface area (Å²) in [5.74, 6) is -0.299. The minimum atomic E-state index is -0.944. The number of ether oxygens (including phenoxy) is 1. The molecule has 0 unspecified atom stereocenters. The summed E-state index contributed by atoms with van der Waals surface area (Å²) in [6, 6.07) is 0. The van der Waals surface area contributed by atoms with Gasteiger partial charge in [0.2, 0.25) is 11.8 Å². The summed E-state index contributed by atoms with van der Waals surface area (Å²) in [5, 5.41) is 0. The van der Waals surface area contributed by atoms with Crippen molar-refractivity contribution >= 4 is 11.8 Å². The minimum Gasteiger partial charge on any atom is -0.378 e. The van der Waals surface area contributed by atoms with Gasteiger partial charge in [-0.15, -0.1) is 0 Å². The van der Waals surface area contributed by atoms with E-state index in [4.69, 9.17) is 10.5 Å². The monoisotopic (exact) mass is 243 g/mol. The van der Waals surface area contributed by atoms with Crippen molar-refractivity contribution in [1.29, 1.82) is 0 Å². The van der Waals surface area contributed by atoms with Crippen LogP contribution in [0.15, 0.2) is 0 Å². The van der Waals surface area contributed by atoms with E-state index >= 15 is 0 Å². The van der Waals surface area contributed by atoms with Crippen LogP contribution in [-0.4, -0.2) is 67.0 Å². The summed E-state index contributed by atoms with van der Waals surface area (Å²) in [6.45, 7) is 5.63. The smallest absolute Gasteiger partial charge is 0.242 e. The highest BCUT2D eigenvalue weighted by Gasteiger charge is 2.28. The number of hydrogen-bond donors (Lipinski definition) is 1. The summed E-state index contributed by atoms with van der Waals surface area (Å²) >= 11 is 0. The number of nitrogens with zero attached hydrogens (tertiary/aromatic N) is 2. The number of carbonyl (C=O) groups excluding carboxylic acids is 2. The van der Waals surface area contributed by atoms with Gasteiger partial charge in [0.1, 0.15) is 0 Å². The molecule has 1 heterocycles. The van der Waals surface area contributed by atoms with Crippen molar-refractivity contribution in [3.8, 4) is 0 Å². The van der Waals surface area contributed by atoms with Gasteiger partial charge in [-0.3, -0.25) is 9.59 Å². The quantitative estimate of drug-likeness (QED) is 0.693. The van der Waals surface area contributed by atoms with Crippen LogP contribution in [0, 0.1) is 0 Å². The van der Waals surface area contributed by atoms with Gasteiger partial charge < -0.3 is 20.3 Å². The van der Waals surface area contributed by atoms with Gasteiger partial charge in [-0.1, -0.05) is 0 Å². The van der Waals surface area contributed by atoms with Crippen LogP contribution >= 0.6 is 0 Å². The topological polar surface area (TPSA) is 75.9 Å². The molecule has 0 aromatic heterocycles. The summed E-state index contributed by atoms with van der Waals surface area (Å²) in [7, 11) is 1.59. The van der Waals surface area contributed by atoms with E-state index in [1.54, 1.807) is 25.8 Å². The van der Waals surface area contributed by atoms with Gasteiger partial charge in [0.25, 0.3) is 0 Å². The van der Waals surface area contributed by atoms with Crippen molar-refractivity contribution < 1.29 is 14.3 Å². The second kappa shape index (κ2) is 5.46. The number of likely N-dealkylation sites (N-methyl/N-ethyl adjacent to an activating group) is 1. The lowest BCUT2D eigenvalue weighted by Gasteiger charge is -2.30. The lowest BCUT2D eigenvalue weighted by atomic mass is 10.1. The number of morpholine rings is 1. The number of rotatable bonds is 3. The van der Waals surface area contributed by atoms with Crippen molar-refractivity contribution in [2.75, 3.05) is 39.9 Å². The second-order valence-electron chi connectivity index (χ2n) is 4.88. The molecule has 1 fully saturated rings. The molecule has 1 aliphatic rings. The largest absolute Gasteiger partial charge is 0.378 e. The third-order valence-electron chi connectivity index (χ3n) is 2.63. The molecule has 0 saturated carbocycles. The highest BCUT2D eigenvalue weighted by atomic mass is 16.5. The van der Waals surface area contributed by atoms with Gasteiger partial charge >= 0.3 is 0 Å². The van der Waals surface area contributed by atoms with E-state index in [-0.39, 0.29) is 18.4 Å². The average Bonchev–Trinajstić information content (AvgIpc) is 2.27. The first-order valence-electron chi connectivity index (χ1n) is 5.72. The van der Waals surface area contributed by atoms with Gasteiger partial charge in [0.15, 0.2) is 0 Å². The van der Waals surface area contributed by atoms with E-state index in [9.17, 15) is 9.59 Å². The zero-order valence-corrected chi connectivity index (χ0v) is 10.7. The molecule has 1 rings (SSSR count). The lowest BCUT2D eigenvalue weighted by Crippen LogP contribution is -2.53. The zero-order valence-electron chi connectivity index (χ0n) is 10.7. The molecule has 2 amide bonds. The van der Waals surface area contributed by atoms with Gasteiger partial charge in [0, 0.05) is 20.1 Å². The summed E-state index contributed by atoms with van der Waals surface area (Å²) in [5.41, 5.74) is 4.75. The molecule has 2 N–H and O–H groups in total. The number of hydrogen-bond acceptors (Lipinski definition) is 4. The summed E-state index contributed by atoms with van der Waals surface area (Å²) in [6.07, 6.45) is 0. The predicted molar refractivity (Wildman–Crippen MR) is 63.3 cm³/mol. The zero-order chi connectivity index (χ0) is 13.1. The van der Waals surface area contributed by atoms with E-state index in [1.807, 2.05) is 0 Å². The van der Waals surface area contributed by atoms with Gasteiger partial charge in [-0.05, 0) is 13.8 Å². The molecule has 0 bridgehead atoms. The molecular weight excluding hydrogens is 222 g/mol. The van der Waals surface area contributed by atoms with Crippen LogP contribution in [0.5, 0.6) is 0 Å². The Hall–Kier alpha value is -1.14.